The Balaban J connectivity index is 5.26. The fourth-order valence-electron chi connectivity index (χ4n) is 2.40. The van der Waals surface area contributed by atoms with Crippen LogP contribution in [-0.4, -0.2) is 52.6 Å². The Kier molecular flexibility index (Phi) is 8.99. The highest BCUT2D eigenvalue weighted by atomic mass is 16.8. The lowest BCUT2D eigenvalue weighted by molar-refractivity contribution is -0.416. The van der Waals surface area contributed by atoms with Crippen molar-refractivity contribution >= 4 is 0 Å². The third-order valence-electron chi connectivity index (χ3n) is 2.92. The van der Waals surface area contributed by atoms with E-state index in [1.165, 1.54) is 0 Å². The predicted octanol–water partition coefficient (Wildman–Crippen LogP) is 3.21. The summed E-state index contributed by atoms with van der Waals surface area (Å²) < 4.78 is 0. The van der Waals surface area contributed by atoms with Crippen molar-refractivity contribution in [3.05, 3.63) is 11.4 Å². The van der Waals surface area contributed by atoms with Crippen molar-refractivity contribution in [1.29, 1.82) is 0 Å². The minimum absolute atomic E-state index is 0.322. The summed E-state index contributed by atoms with van der Waals surface area (Å²) in [6, 6.07) is 1.29. The molecule has 0 bridgehead atoms. The van der Waals surface area contributed by atoms with Gasteiger partial charge in [-0.15, -0.1) is 0 Å². The molecule has 0 aliphatic heterocycles. The summed E-state index contributed by atoms with van der Waals surface area (Å²) in [7, 11) is 0. The molecule has 0 amide bonds. The molecule has 0 rings (SSSR count). The van der Waals surface area contributed by atoms with Crippen LogP contribution >= 0.6 is 0 Å². The molecule has 20 heavy (non-hydrogen) atoms. The van der Waals surface area contributed by atoms with Crippen LogP contribution in [-0.2, 0) is 4.84 Å². The summed E-state index contributed by atoms with van der Waals surface area (Å²) in [5.74, 6) is 0. The van der Waals surface area contributed by atoms with E-state index in [2.05, 4.69) is 70.3 Å². The molecule has 0 aromatic carbocycles. The minimum Gasteiger partial charge on any atom is -0.314 e. The van der Waals surface area contributed by atoms with Crippen LogP contribution < -0.4 is 0 Å². The van der Waals surface area contributed by atoms with E-state index in [4.69, 9.17) is 11.4 Å². The van der Waals surface area contributed by atoms with Crippen LogP contribution in [0.5, 0.6) is 0 Å². The van der Waals surface area contributed by atoms with Gasteiger partial charge in [-0.1, -0.05) is 0 Å². The van der Waals surface area contributed by atoms with E-state index in [-0.39, 0.29) is 0 Å². The zero-order valence-corrected chi connectivity index (χ0v) is 14.4. The molecule has 5 nitrogen and oxygen atoms in total. The van der Waals surface area contributed by atoms with Crippen molar-refractivity contribution in [2.45, 2.75) is 79.6 Å². The van der Waals surface area contributed by atoms with Gasteiger partial charge in [0.15, 0.2) is 0 Å². The Labute approximate surface area is 125 Å². The molecule has 0 spiro atoms. The average Bonchev–Trinajstić information content (AvgIpc) is 2.26. The van der Waals surface area contributed by atoms with E-state index in [0.29, 0.717) is 37.3 Å². The number of nitrogens with zero attached hydrogens (tertiary/aromatic N) is 4. The Morgan fingerprint density at radius 3 is 1.40 bits per heavy atom. The van der Waals surface area contributed by atoms with Crippen molar-refractivity contribution in [3.63, 3.8) is 0 Å². The Morgan fingerprint density at radius 1 is 0.800 bits per heavy atom. The van der Waals surface area contributed by atoms with Crippen molar-refractivity contribution < 1.29 is 4.84 Å². The fourth-order valence-corrected chi connectivity index (χ4v) is 2.40. The van der Waals surface area contributed by atoms with Gasteiger partial charge in [0.25, 0.3) is 0 Å². The molecule has 0 aliphatic carbocycles. The molecule has 0 aromatic heterocycles. The molecule has 0 aromatic rings. The maximum Gasteiger partial charge on any atom is 0.239 e. The standard InChI is InChI=1S/C15H32N4O/c1-12(2)17(13(3)4)19(20-11-10-16-9)18(14(5)6)15(7)8/h12-15H,10-11H2,1-8H3. The highest BCUT2D eigenvalue weighted by molar-refractivity contribution is 4.67. The van der Waals surface area contributed by atoms with Crippen molar-refractivity contribution in [2.24, 2.45) is 0 Å². The summed E-state index contributed by atoms with van der Waals surface area (Å²) in [5.41, 5.74) is 0. The third kappa shape index (κ3) is 5.76. The fraction of sp³-hybridized carbons (Fsp3) is 0.933. The van der Waals surface area contributed by atoms with Gasteiger partial charge in [-0.3, -0.25) is 4.84 Å². The van der Waals surface area contributed by atoms with Crippen molar-refractivity contribution in [1.82, 2.24) is 15.3 Å². The number of hydrogen-bond acceptors (Lipinski definition) is 4. The maximum atomic E-state index is 6.90. The number of hydrazine groups is 2. The average molecular weight is 284 g/mol. The lowest BCUT2D eigenvalue weighted by Crippen LogP contribution is -2.61. The van der Waals surface area contributed by atoms with E-state index in [1.807, 2.05) is 5.28 Å². The maximum absolute atomic E-state index is 6.90. The second kappa shape index (κ2) is 9.30. The largest absolute Gasteiger partial charge is 0.314 e. The van der Waals surface area contributed by atoms with Gasteiger partial charge < -0.3 is 4.85 Å². The molecule has 0 N–H and O–H groups in total. The normalized spacial score (nSPS) is 12.7. The van der Waals surface area contributed by atoms with Crippen LogP contribution in [0.4, 0.5) is 0 Å². The zero-order chi connectivity index (χ0) is 15.9. The first-order valence-corrected chi connectivity index (χ1v) is 7.56. The van der Waals surface area contributed by atoms with Crippen LogP contribution in [0.3, 0.4) is 0 Å². The molecule has 0 heterocycles. The minimum atomic E-state index is 0.322. The van der Waals surface area contributed by atoms with Crippen LogP contribution in [0.15, 0.2) is 0 Å². The molecule has 0 saturated carbocycles. The first-order chi connectivity index (χ1) is 9.23. The van der Waals surface area contributed by atoms with Gasteiger partial charge in [-0.05, 0) is 60.7 Å². The summed E-state index contributed by atoms with van der Waals surface area (Å²) in [6.45, 7) is 24.9. The SMILES string of the molecule is [C-]#[N+]CCON(N(C(C)C)C(C)C)N(C(C)C)C(C)C. The van der Waals surface area contributed by atoms with Gasteiger partial charge in [0.2, 0.25) is 6.54 Å². The molecule has 5 heteroatoms. The summed E-state index contributed by atoms with van der Waals surface area (Å²) in [6.07, 6.45) is 0. The third-order valence-corrected chi connectivity index (χ3v) is 2.92. The smallest absolute Gasteiger partial charge is 0.239 e. The number of hydrogen-bond donors (Lipinski definition) is 0. The van der Waals surface area contributed by atoms with Crippen LogP contribution in [0.1, 0.15) is 55.4 Å². The molecule has 0 saturated heterocycles. The molecule has 0 fully saturated rings. The lowest BCUT2D eigenvalue weighted by Gasteiger charge is -2.47. The van der Waals surface area contributed by atoms with Gasteiger partial charge in [0.05, 0.1) is 0 Å². The lowest BCUT2D eigenvalue weighted by atomic mass is 10.3. The van der Waals surface area contributed by atoms with Crippen molar-refractivity contribution in [2.75, 3.05) is 13.2 Å². The van der Waals surface area contributed by atoms with E-state index in [9.17, 15) is 0 Å². The molecular formula is C15H32N4O. The Hall–Kier alpha value is -0.670. The van der Waals surface area contributed by atoms with E-state index in [0.717, 1.165) is 0 Å². The van der Waals surface area contributed by atoms with Gasteiger partial charge in [0, 0.05) is 24.2 Å². The molecule has 0 radical (unpaired) electrons. The second-order valence-corrected chi connectivity index (χ2v) is 6.10. The first-order valence-electron chi connectivity index (χ1n) is 7.56. The van der Waals surface area contributed by atoms with E-state index in [1.54, 1.807) is 0 Å². The molecule has 118 valence electrons. The Morgan fingerprint density at radius 2 is 1.15 bits per heavy atom. The summed E-state index contributed by atoms with van der Waals surface area (Å²) in [5, 5.41) is 6.31. The van der Waals surface area contributed by atoms with Crippen molar-refractivity contribution in [3.8, 4) is 0 Å². The quantitative estimate of drug-likeness (QED) is 0.368. The van der Waals surface area contributed by atoms with Crippen LogP contribution in [0.2, 0.25) is 0 Å². The molecular weight excluding hydrogens is 252 g/mol. The highest BCUT2D eigenvalue weighted by Crippen LogP contribution is 2.18. The van der Waals surface area contributed by atoms with E-state index < -0.39 is 0 Å². The monoisotopic (exact) mass is 284 g/mol. The molecule has 0 unspecified atom stereocenters. The summed E-state index contributed by atoms with van der Waals surface area (Å²) in [4.78, 5) is 9.29. The topological polar surface area (TPSA) is 23.3 Å². The first kappa shape index (κ1) is 19.3. The predicted molar refractivity (Wildman–Crippen MR) is 83.5 cm³/mol. The van der Waals surface area contributed by atoms with Crippen LogP contribution in [0, 0.1) is 6.57 Å². The second-order valence-electron chi connectivity index (χ2n) is 6.10. The van der Waals surface area contributed by atoms with Crippen LogP contribution in [0.25, 0.3) is 4.85 Å². The van der Waals surface area contributed by atoms with E-state index >= 15 is 0 Å². The van der Waals surface area contributed by atoms with Gasteiger partial charge >= 0.3 is 0 Å². The number of rotatable bonds is 9. The Bertz CT molecular complexity index is 261. The van der Waals surface area contributed by atoms with Gasteiger partial charge in [0.1, 0.15) is 6.61 Å². The zero-order valence-electron chi connectivity index (χ0n) is 14.4. The van der Waals surface area contributed by atoms with Gasteiger partial charge in [-0.2, -0.15) is 10.0 Å². The highest BCUT2D eigenvalue weighted by Gasteiger charge is 2.31. The molecule has 0 atom stereocenters. The van der Waals surface area contributed by atoms with Gasteiger partial charge in [-0.25, -0.2) is 6.57 Å². The summed E-state index contributed by atoms with van der Waals surface area (Å²) >= 11 is 0. The molecule has 0 aliphatic rings.